The third-order valence-electron chi connectivity index (χ3n) is 2.98. The van der Waals surface area contributed by atoms with Crippen molar-refractivity contribution in [2.45, 2.75) is 45.8 Å². The fourth-order valence-corrected chi connectivity index (χ4v) is 1.92. The smallest absolute Gasteiger partial charge is 0.326 e. The molecule has 2 unspecified atom stereocenters. The number of carboxylic acid groups (broad SMARTS) is 1. The summed E-state index contributed by atoms with van der Waals surface area (Å²) in [4.78, 5) is 24.0. The number of aliphatic hydroxyl groups excluding tert-OH is 1. The lowest BCUT2D eigenvalue weighted by Gasteiger charge is -2.23. The number of hydrogen-bond donors (Lipinski definition) is 3. The summed E-state index contributed by atoms with van der Waals surface area (Å²) < 4.78 is 0. The number of carboxylic acids is 1. The molecule has 0 bridgehead atoms. The third kappa shape index (κ3) is 4.18. The van der Waals surface area contributed by atoms with Gasteiger partial charge in [0.25, 0.3) is 0 Å². The van der Waals surface area contributed by atoms with Gasteiger partial charge in [-0.25, -0.2) is 9.59 Å². The largest absolute Gasteiger partial charge is 0.480 e. The third-order valence-corrected chi connectivity index (χ3v) is 2.98. The van der Waals surface area contributed by atoms with Gasteiger partial charge in [-0.05, 0) is 11.8 Å². The normalized spacial score (nSPS) is 24.1. The summed E-state index contributed by atoms with van der Waals surface area (Å²) in [5, 5.41) is 21.1. The molecule has 0 spiro atoms. The zero-order valence-electron chi connectivity index (χ0n) is 11.1. The molecule has 6 heteroatoms. The lowest BCUT2D eigenvalue weighted by atomic mass is 9.92. The zero-order chi connectivity index (χ0) is 13.9. The van der Waals surface area contributed by atoms with Crippen molar-refractivity contribution in [2.75, 3.05) is 13.1 Å². The lowest BCUT2D eigenvalue weighted by Crippen LogP contribution is -2.46. The van der Waals surface area contributed by atoms with Gasteiger partial charge < -0.3 is 20.4 Å². The van der Waals surface area contributed by atoms with Gasteiger partial charge in [-0.2, -0.15) is 0 Å². The second kappa shape index (κ2) is 5.56. The number of rotatable bonds is 3. The Bertz CT molecular complexity index is 325. The van der Waals surface area contributed by atoms with Crippen molar-refractivity contribution < 1.29 is 19.8 Å². The first kappa shape index (κ1) is 14.8. The second-order valence-electron chi connectivity index (χ2n) is 5.94. The van der Waals surface area contributed by atoms with Crippen molar-refractivity contribution in [3.05, 3.63) is 0 Å². The first-order valence-electron chi connectivity index (χ1n) is 6.16. The fraction of sp³-hybridized carbons (Fsp3) is 0.833. The van der Waals surface area contributed by atoms with Crippen molar-refractivity contribution in [3.8, 4) is 0 Å². The molecule has 2 amide bonds. The van der Waals surface area contributed by atoms with Crippen LogP contribution >= 0.6 is 0 Å². The van der Waals surface area contributed by atoms with E-state index in [-0.39, 0.29) is 18.4 Å². The summed E-state index contributed by atoms with van der Waals surface area (Å²) in [5.74, 6) is -1.07. The van der Waals surface area contributed by atoms with Gasteiger partial charge in [0.05, 0.1) is 6.10 Å². The van der Waals surface area contributed by atoms with Crippen LogP contribution in [0.1, 0.15) is 33.6 Å². The molecule has 18 heavy (non-hydrogen) atoms. The van der Waals surface area contributed by atoms with Crippen molar-refractivity contribution in [1.29, 1.82) is 0 Å². The lowest BCUT2D eigenvalue weighted by molar-refractivity contribution is -0.141. The Hall–Kier alpha value is -1.30. The molecule has 0 saturated carbocycles. The predicted molar refractivity (Wildman–Crippen MR) is 66.2 cm³/mol. The molecule has 1 aliphatic rings. The summed E-state index contributed by atoms with van der Waals surface area (Å²) in [6.07, 6.45) is 0.161. The van der Waals surface area contributed by atoms with E-state index in [1.54, 1.807) is 0 Å². The van der Waals surface area contributed by atoms with E-state index in [0.717, 1.165) is 6.42 Å². The second-order valence-corrected chi connectivity index (χ2v) is 5.94. The molecule has 1 saturated heterocycles. The van der Waals surface area contributed by atoms with Gasteiger partial charge in [-0.3, -0.25) is 0 Å². The van der Waals surface area contributed by atoms with Crippen molar-refractivity contribution >= 4 is 12.0 Å². The molecule has 1 rings (SSSR count). The highest BCUT2D eigenvalue weighted by Gasteiger charge is 2.38. The van der Waals surface area contributed by atoms with Crippen molar-refractivity contribution in [2.24, 2.45) is 5.41 Å². The van der Waals surface area contributed by atoms with E-state index >= 15 is 0 Å². The number of nitrogens with one attached hydrogen (secondary N) is 1. The molecule has 1 heterocycles. The quantitative estimate of drug-likeness (QED) is 0.693. The Kier molecular flexibility index (Phi) is 4.56. The van der Waals surface area contributed by atoms with Crippen LogP contribution in [0.15, 0.2) is 0 Å². The van der Waals surface area contributed by atoms with Crippen LogP contribution in [0.25, 0.3) is 0 Å². The number of likely N-dealkylation sites (tertiary alicyclic amines) is 1. The topological polar surface area (TPSA) is 89.9 Å². The maximum absolute atomic E-state index is 11.8. The molecule has 104 valence electrons. The van der Waals surface area contributed by atoms with E-state index in [0.29, 0.717) is 6.54 Å². The van der Waals surface area contributed by atoms with E-state index in [1.165, 1.54) is 4.90 Å². The Morgan fingerprint density at radius 2 is 2.00 bits per heavy atom. The average molecular weight is 258 g/mol. The number of urea groups is 1. The molecule has 0 radical (unpaired) electrons. The monoisotopic (exact) mass is 258 g/mol. The van der Waals surface area contributed by atoms with Crippen LogP contribution in [-0.2, 0) is 4.79 Å². The molecule has 1 fully saturated rings. The molecule has 3 N–H and O–H groups in total. The average Bonchev–Trinajstić information content (AvgIpc) is 2.58. The maximum atomic E-state index is 11.8. The summed E-state index contributed by atoms with van der Waals surface area (Å²) in [5.41, 5.74) is 0.115. The Labute approximate surface area is 107 Å². The fourth-order valence-electron chi connectivity index (χ4n) is 1.92. The number of aliphatic carboxylic acids is 1. The number of carbonyl (C=O) groups excluding carboxylic acids is 1. The van der Waals surface area contributed by atoms with E-state index in [2.05, 4.69) is 26.1 Å². The predicted octanol–water partition coefficient (Wildman–Crippen LogP) is 0.652. The molecule has 2 atom stereocenters. The summed E-state index contributed by atoms with van der Waals surface area (Å²) in [7, 11) is 0. The molecule has 1 aliphatic heterocycles. The minimum Gasteiger partial charge on any atom is -0.480 e. The summed E-state index contributed by atoms with van der Waals surface area (Å²) in [6, 6.07) is -1.34. The van der Waals surface area contributed by atoms with Crippen LogP contribution < -0.4 is 5.32 Å². The van der Waals surface area contributed by atoms with Gasteiger partial charge in [-0.15, -0.1) is 0 Å². The van der Waals surface area contributed by atoms with Crippen LogP contribution in [-0.4, -0.2) is 52.3 Å². The minimum atomic E-state index is -1.07. The maximum Gasteiger partial charge on any atom is 0.326 e. The minimum absolute atomic E-state index is 0.0817. The summed E-state index contributed by atoms with van der Waals surface area (Å²) in [6.45, 7) is 6.79. The number of hydrogen-bond acceptors (Lipinski definition) is 3. The van der Waals surface area contributed by atoms with Gasteiger partial charge in [0.1, 0.15) is 6.04 Å². The van der Waals surface area contributed by atoms with Crippen molar-refractivity contribution in [1.82, 2.24) is 10.2 Å². The van der Waals surface area contributed by atoms with Crippen LogP contribution in [0.2, 0.25) is 0 Å². The van der Waals surface area contributed by atoms with Crippen molar-refractivity contribution in [3.63, 3.8) is 0 Å². The molecule has 0 aliphatic carbocycles. The van der Waals surface area contributed by atoms with Crippen LogP contribution in [0, 0.1) is 5.41 Å². The molecule has 0 aromatic heterocycles. The molecule has 0 aromatic carbocycles. The standard InChI is InChI=1S/C12H22N2O4/c1-12(2,3)4-5-13-11(18)14-7-8(15)6-9(14)10(16)17/h8-9,15H,4-7H2,1-3H3,(H,13,18)(H,16,17). The van der Waals surface area contributed by atoms with Crippen LogP contribution in [0.4, 0.5) is 4.79 Å². The molecule has 0 aromatic rings. The molecular formula is C12H22N2O4. The van der Waals surface area contributed by atoms with E-state index < -0.39 is 24.1 Å². The highest BCUT2D eigenvalue weighted by molar-refractivity contribution is 5.83. The number of amides is 2. The zero-order valence-corrected chi connectivity index (χ0v) is 11.1. The Morgan fingerprint density at radius 1 is 1.39 bits per heavy atom. The number of β-amino-alcohol motifs (C(OH)–C–C–N with tert-alkyl or cyclic N) is 1. The van der Waals surface area contributed by atoms with Crippen LogP contribution in [0.3, 0.4) is 0 Å². The van der Waals surface area contributed by atoms with E-state index in [1.807, 2.05) is 0 Å². The van der Waals surface area contributed by atoms with Crippen LogP contribution in [0.5, 0.6) is 0 Å². The number of nitrogens with zero attached hydrogens (tertiary/aromatic N) is 1. The van der Waals surface area contributed by atoms with Gasteiger partial charge in [0.2, 0.25) is 0 Å². The molecule has 6 nitrogen and oxygen atoms in total. The first-order valence-corrected chi connectivity index (χ1v) is 6.16. The van der Waals surface area contributed by atoms with E-state index in [4.69, 9.17) is 5.11 Å². The molecular weight excluding hydrogens is 236 g/mol. The number of carbonyl (C=O) groups is 2. The van der Waals surface area contributed by atoms with E-state index in [9.17, 15) is 14.7 Å². The Balaban J connectivity index is 2.48. The Morgan fingerprint density at radius 3 is 2.50 bits per heavy atom. The van der Waals surface area contributed by atoms with Gasteiger partial charge in [-0.1, -0.05) is 20.8 Å². The first-order chi connectivity index (χ1) is 8.20. The summed E-state index contributed by atoms with van der Waals surface area (Å²) >= 11 is 0. The van der Waals surface area contributed by atoms with Gasteiger partial charge >= 0.3 is 12.0 Å². The SMILES string of the molecule is CC(C)(C)CCNC(=O)N1CC(O)CC1C(=O)O. The van der Waals surface area contributed by atoms with Gasteiger partial charge in [0, 0.05) is 19.5 Å². The highest BCUT2D eigenvalue weighted by Crippen LogP contribution is 2.19. The van der Waals surface area contributed by atoms with Gasteiger partial charge in [0.15, 0.2) is 0 Å². The highest BCUT2D eigenvalue weighted by atomic mass is 16.4. The number of aliphatic hydroxyl groups is 1.